The number of sulfone groups is 1. The Labute approximate surface area is 93.1 Å². The van der Waals surface area contributed by atoms with E-state index in [0.29, 0.717) is 13.0 Å². The van der Waals surface area contributed by atoms with E-state index in [1.54, 1.807) is 14.0 Å². The van der Waals surface area contributed by atoms with Crippen molar-refractivity contribution in [3.63, 3.8) is 0 Å². The van der Waals surface area contributed by atoms with Crippen molar-refractivity contribution in [3.05, 3.63) is 0 Å². The van der Waals surface area contributed by atoms with Gasteiger partial charge in [-0.25, -0.2) is 8.42 Å². The highest BCUT2D eigenvalue weighted by molar-refractivity contribution is 7.91. The molecule has 2 N–H and O–H groups in total. The van der Waals surface area contributed by atoms with Crippen LogP contribution in [0.5, 0.6) is 0 Å². The van der Waals surface area contributed by atoms with Crippen molar-refractivity contribution in [1.82, 2.24) is 0 Å². The van der Waals surface area contributed by atoms with Gasteiger partial charge in [-0.1, -0.05) is 6.92 Å². The van der Waals surface area contributed by atoms with Gasteiger partial charge in [-0.3, -0.25) is 0 Å². The van der Waals surface area contributed by atoms with Crippen LogP contribution in [0.1, 0.15) is 33.1 Å². The van der Waals surface area contributed by atoms with Crippen LogP contribution in [-0.4, -0.2) is 39.2 Å². The van der Waals surface area contributed by atoms with Crippen molar-refractivity contribution in [1.29, 1.82) is 0 Å². The fourth-order valence-electron chi connectivity index (χ4n) is 1.30. The lowest BCUT2D eigenvalue weighted by molar-refractivity contribution is 0.169. The number of methoxy groups -OCH3 is 1. The van der Waals surface area contributed by atoms with Gasteiger partial charge in [0, 0.05) is 25.0 Å². The Morgan fingerprint density at radius 3 is 2.40 bits per heavy atom. The molecule has 0 amide bonds. The van der Waals surface area contributed by atoms with Gasteiger partial charge in [0.1, 0.15) is 9.84 Å². The van der Waals surface area contributed by atoms with E-state index in [0.717, 1.165) is 12.8 Å². The normalized spacial score (nSPS) is 16.3. The first kappa shape index (κ1) is 14.9. The Balaban J connectivity index is 3.84. The van der Waals surface area contributed by atoms with Crippen LogP contribution in [0.25, 0.3) is 0 Å². The van der Waals surface area contributed by atoms with Crippen molar-refractivity contribution < 1.29 is 13.2 Å². The van der Waals surface area contributed by atoms with Crippen molar-refractivity contribution in [2.45, 2.75) is 38.6 Å². The first-order valence-electron chi connectivity index (χ1n) is 5.31. The van der Waals surface area contributed by atoms with Crippen LogP contribution in [0.15, 0.2) is 0 Å². The molecule has 0 heterocycles. The van der Waals surface area contributed by atoms with Gasteiger partial charge in [-0.15, -0.1) is 0 Å². The van der Waals surface area contributed by atoms with Gasteiger partial charge >= 0.3 is 0 Å². The smallest absolute Gasteiger partial charge is 0.150 e. The van der Waals surface area contributed by atoms with Crippen LogP contribution >= 0.6 is 0 Å². The summed E-state index contributed by atoms with van der Waals surface area (Å²) in [5.41, 5.74) is 5.68. The molecule has 1 unspecified atom stereocenters. The second kappa shape index (κ2) is 6.45. The first-order chi connectivity index (χ1) is 6.83. The average Bonchev–Trinajstić information content (AvgIpc) is 2.14. The van der Waals surface area contributed by atoms with Gasteiger partial charge in [0.2, 0.25) is 0 Å². The van der Waals surface area contributed by atoms with Crippen molar-refractivity contribution in [3.8, 4) is 0 Å². The summed E-state index contributed by atoms with van der Waals surface area (Å²) in [5.74, 6) is 0.454. The highest BCUT2D eigenvalue weighted by Crippen LogP contribution is 2.14. The van der Waals surface area contributed by atoms with Gasteiger partial charge in [0.15, 0.2) is 0 Å². The zero-order valence-corrected chi connectivity index (χ0v) is 10.8. The molecular formula is C10H23NO3S. The summed E-state index contributed by atoms with van der Waals surface area (Å²) < 4.78 is 27.4. The molecule has 92 valence electrons. The molecular weight excluding hydrogens is 214 g/mol. The van der Waals surface area contributed by atoms with Crippen molar-refractivity contribution in [2.75, 3.05) is 25.2 Å². The van der Waals surface area contributed by atoms with E-state index in [1.165, 1.54) is 0 Å². The quantitative estimate of drug-likeness (QED) is 0.682. The van der Waals surface area contributed by atoms with Crippen LogP contribution in [0.2, 0.25) is 0 Å². The fourth-order valence-corrected chi connectivity index (χ4v) is 2.17. The SMILES string of the molecule is CCS(=O)(=O)CCCC(C)(N)CCOC. The molecule has 15 heavy (non-hydrogen) atoms. The lowest BCUT2D eigenvalue weighted by Crippen LogP contribution is -2.37. The Kier molecular flexibility index (Phi) is 6.40. The number of ether oxygens (including phenoxy) is 1. The Morgan fingerprint density at radius 1 is 1.33 bits per heavy atom. The minimum absolute atomic E-state index is 0.215. The van der Waals surface area contributed by atoms with E-state index in [4.69, 9.17) is 10.5 Å². The Bertz CT molecular complexity index is 260. The lowest BCUT2D eigenvalue weighted by atomic mass is 9.94. The largest absolute Gasteiger partial charge is 0.385 e. The molecule has 4 nitrogen and oxygen atoms in total. The van der Waals surface area contributed by atoms with Crippen molar-refractivity contribution >= 4 is 9.84 Å². The van der Waals surface area contributed by atoms with Gasteiger partial charge in [-0.05, 0) is 26.2 Å². The van der Waals surface area contributed by atoms with E-state index in [2.05, 4.69) is 0 Å². The zero-order chi connectivity index (χ0) is 11.9. The predicted molar refractivity (Wildman–Crippen MR) is 62.6 cm³/mol. The van der Waals surface area contributed by atoms with Crippen LogP contribution in [0, 0.1) is 0 Å². The van der Waals surface area contributed by atoms with E-state index >= 15 is 0 Å². The van der Waals surface area contributed by atoms with Gasteiger partial charge in [-0.2, -0.15) is 0 Å². The molecule has 0 saturated carbocycles. The maximum Gasteiger partial charge on any atom is 0.150 e. The fraction of sp³-hybridized carbons (Fsp3) is 1.00. The van der Waals surface area contributed by atoms with Gasteiger partial charge < -0.3 is 10.5 Å². The Hall–Kier alpha value is -0.130. The summed E-state index contributed by atoms with van der Waals surface area (Å²) in [7, 11) is -1.21. The predicted octanol–water partition coefficient (Wildman–Crippen LogP) is 0.955. The molecule has 0 radical (unpaired) electrons. The summed E-state index contributed by atoms with van der Waals surface area (Å²) in [5, 5.41) is 0. The standard InChI is InChI=1S/C10H23NO3S/c1-4-15(12,13)9-5-6-10(2,11)7-8-14-3/h4-9,11H2,1-3H3. The third-order valence-corrected chi connectivity index (χ3v) is 4.31. The minimum atomic E-state index is -2.85. The maximum absolute atomic E-state index is 11.2. The molecule has 0 spiro atoms. The van der Waals surface area contributed by atoms with Crippen LogP contribution in [0.4, 0.5) is 0 Å². The molecule has 0 aromatic rings. The van der Waals surface area contributed by atoms with E-state index < -0.39 is 9.84 Å². The number of hydrogen-bond acceptors (Lipinski definition) is 4. The number of nitrogens with two attached hydrogens (primary N) is 1. The molecule has 0 aromatic heterocycles. The van der Waals surface area contributed by atoms with Crippen LogP contribution in [-0.2, 0) is 14.6 Å². The third-order valence-electron chi connectivity index (χ3n) is 2.52. The van der Waals surface area contributed by atoms with Crippen LogP contribution in [0.3, 0.4) is 0 Å². The molecule has 0 aromatic carbocycles. The molecule has 0 fully saturated rings. The lowest BCUT2D eigenvalue weighted by Gasteiger charge is -2.23. The highest BCUT2D eigenvalue weighted by Gasteiger charge is 2.18. The maximum atomic E-state index is 11.2. The molecule has 0 saturated heterocycles. The van der Waals surface area contributed by atoms with E-state index in [1.807, 2.05) is 6.92 Å². The first-order valence-corrected chi connectivity index (χ1v) is 7.13. The zero-order valence-electron chi connectivity index (χ0n) is 9.95. The number of hydrogen-bond donors (Lipinski definition) is 1. The highest BCUT2D eigenvalue weighted by atomic mass is 32.2. The van der Waals surface area contributed by atoms with E-state index in [9.17, 15) is 8.42 Å². The van der Waals surface area contributed by atoms with Crippen molar-refractivity contribution in [2.24, 2.45) is 5.73 Å². The molecule has 0 rings (SSSR count). The molecule has 0 aliphatic carbocycles. The van der Waals surface area contributed by atoms with Crippen LogP contribution < -0.4 is 5.73 Å². The summed E-state index contributed by atoms with van der Waals surface area (Å²) in [6, 6.07) is 0. The monoisotopic (exact) mass is 237 g/mol. The van der Waals surface area contributed by atoms with Gasteiger partial charge in [0.25, 0.3) is 0 Å². The second-order valence-electron chi connectivity index (χ2n) is 4.24. The molecule has 1 atom stereocenters. The van der Waals surface area contributed by atoms with Gasteiger partial charge in [0.05, 0.1) is 5.75 Å². The summed E-state index contributed by atoms with van der Waals surface area (Å²) >= 11 is 0. The second-order valence-corrected chi connectivity index (χ2v) is 6.71. The molecule has 5 heteroatoms. The third kappa shape index (κ3) is 7.76. The summed E-state index contributed by atoms with van der Waals surface area (Å²) in [6.45, 7) is 4.22. The summed E-state index contributed by atoms with van der Waals surface area (Å²) in [4.78, 5) is 0. The Morgan fingerprint density at radius 2 is 1.93 bits per heavy atom. The van der Waals surface area contributed by atoms with E-state index in [-0.39, 0.29) is 17.0 Å². The summed E-state index contributed by atoms with van der Waals surface area (Å²) in [6.07, 6.45) is 2.11. The molecule has 0 bridgehead atoms. The topological polar surface area (TPSA) is 69.4 Å². The minimum Gasteiger partial charge on any atom is -0.385 e. The molecule has 0 aliphatic heterocycles. The number of rotatable bonds is 8. The average molecular weight is 237 g/mol. The molecule has 0 aliphatic rings.